The Bertz CT molecular complexity index is 390. The molecule has 80 valence electrons. The van der Waals surface area contributed by atoms with Gasteiger partial charge in [0, 0.05) is 12.6 Å². The van der Waals surface area contributed by atoms with Crippen molar-refractivity contribution in [3.8, 4) is 5.75 Å². The number of fused-ring (bicyclic) bond motifs is 1. The highest BCUT2D eigenvalue weighted by atomic mass is 16.5. The number of hydrogen-bond donors (Lipinski definition) is 2. The molecule has 0 saturated heterocycles. The number of nitrogens with one attached hydrogen (secondary N) is 2. The van der Waals surface area contributed by atoms with E-state index in [1.165, 1.54) is 0 Å². The van der Waals surface area contributed by atoms with Gasteiger partial charge in [-0.3, -0.25) is 4.79 Å². The lowest BCUT2D eigenvalue weighted by Gasteiger charge is -2.08. The molecule has 1 aromatic rings. The predicted molar refractivity (Wildman–Crippen MR) is 59.3 cm³/mol. The fourth-order valence-corrected chi connectivity index (χ4v) is 1.52. The maximum absolute atomic E-state index is 11.6. The van der Waals surface area contributed by atoms with Crippen molar-refractivity contribution in [2.24, 2.45) is 5.92 Å². The molecule has 1 heterocycles. The molecule has 1 aliphatic rings. The van der Waals surface area contributed by atoms with Crippen LogP contribution in [0.4, 0.5) is 11.4 Å². The second kappa shape index (κ2) is 3.81. The van der Waals surface area contributed by atoms with Gasteiger partial charge in [-0.2, -0.15) is 0 Å². The molecule has 0 aliphatic carbocycles. The first kappa shape index (κ1) is 9.83. The van der Waals surface area contributed by atoms with Crippen LogP contribution in [-0.4, -0.2) is 19.6 Å². The van der Waals surface area contributed by atoms with Crippen LogP contribution in [0.2, 0.25) is 0 Å². The smallest absolute Gasteiger partial charge is 0.229 e. The highest BCUT2D eigenvalue weighted by Gasteiger charge is 2.19. The minimum absolute atomic E-state index is 0.0246. The molecule has 4 heteroatoms. The molecule has 1 amide bonds. The molecule has 15 heavy (non-hydrogen) atoms. The van der Waals surface area contributed by atoms with E-state index in [-0.39, 0.29) is 11.8 Å². The molecule has 1 atom stereocenters. The third-order valence-electron chi connectivity index (χ3n) is 2.53. The lowest BCUT2D eigenvalue weighted by Crippen LogP contribution is -2.22. The molecule has 1 unspecified atom stereocenters. The number of benzene rings is 1. The number of hydrogen-bond acceptors (Lipinski definition) is 3. The Morgan fingerprint density at radius 2 is 2.20 bits per heavy atom. The third kappa shape index (κ3) is 1.88. The summed E-state index contributed by atoms with van der Waals surface area (Å²) in [6.07, 6.45) is 0. The molecule has 1 aromatic carbocycles. The van der Waals surface area contributed by atoms with Gasteiger partial charge in [-0.05, 0) is 12.1 Å². The summed E-state index contributed by atoms with van der Waals surface area (Å²) in [6.45, 7) is 2.55. The number of anilines is 2. The van der Waals surface area contributed by atoms with Crippen molar-refractivity contribution in [1.29, 1.82) is 0 Å². The Morgan fingerprint density at radius 3 is 2.93 bits per heavy atom. The van der Waals surface area contributed by atoms with E-state index in [2.05, 4.69) is 10.6 Å². The Morgan fingerprint density at radius 1 is 1.40 bits per heavy atom. The van der Waals surface area contributed by atoms with Gasteiger partial charge in [0.15, 0.2) is 0 Å². The Kier molecular flexibility index (Phi) is 2.49. The Balaban J connectivity index is 2.35. The summed E-state index contributed by atoms with van der Waals surface area (Å²) in [5.74, 6) is 0.753. The van der Waals surface area contributed by atoms with Crippen molar-refractivity contribution in [2.75, 3.05) is 24.3 Å². The molecule has 0 aromatic heterocycles. The van der Waals surface area contributed by atoms with E-state index in [0.717, 1.165) is 17.1 Å². The van der Waals surface area contributed by atoms with E-state index >= 15 is 0 Å². The van der Waals surface area contributed by atoms with Gasteiger partial charge in [0.05, 0.1) is 24.4 Å². The molecule has 0 saturated carbocycles. The monoisotopic (exact) mass is 206 g/mol. The number of amides is 1. The van der Waals surface area contributed by atoms with Gasteiger partial charge >= 0.3 is 0 Å². The molecule has 0 bridgehead atoms. The molecular weight excluding hydrogens is 192 g/mol. The van der Waals surface area contributed by atoms with Crippen LogP contribution in [0.5, 0.6) is 5.75 Å². The minimum Gasteiger partial charge on any atom is -0.497 e. The van der Waals surface area contributed by atoms with Gasteiger partial charge in [0.25, 0.3) is 0 Å². The van der Waals surface area contributed by atoms with Crippen LogP contribution in [0.25, 0.3) is 0 Å². The van der Waals surface area contributed by atoms with Crippen LogP contribution in [0.15, 0.2) is 18.2 Å². The van der Waals surface area contributed by atoms with Crippen LogP contribution in [0.3, 0.4) is 0 Å². The van der Waals surface area contributed by atoms with Crippen LogP contribution in [0.1, 0.15) is 6.92 Å². The second-order valence-corrected chi connectivity index (χ2v) is 3.68. The molecule has 2 N–H and O–H groups in total. The summed E-state index contributed by atoms with van der Waals surface area (Å²) in [5.41, 5.74) is 1.72. The first-order valence-corrected chi connectivity index (χ1v) is 4.93. The van der Waals surface area contributed by atoms with E-state index in [9.17, 15) is 4.79 Å². The third-order valence-corrected chi connectivity index (χ3v) is 2.53. The fourth-order valence-electron chi connectivity index (χ4n) is 1.52. The molecule has 0 spiro atoms. The predicted octanol–water partition coefficient (Wildman–Crippen LogP) is 1.70. The lowest BCUT2D eigenvalue weighted by molar-refractivity contribution is -0.118. The molecule has 2 rings (SSSR count). The zero-order valence-electron chi connectivity index (χ0n) is 8.83. The maximum atomic E-state index is 11.6. The largest absolute Gasteiger partial charge is 0.497 e. The molecular formula is C11H14N2O2. The number of carbonyl (C=O) groups excluding carboxylic acids is 1. The molecule has 4 nitrogen and oxygen atoms in total. The standard InChI is InChI=1S/C11H14N2O2/c1-7-6-12-9-4-3-8(15-2)5-10(9)13-11(7)14/h3-5,7,12H,6H2,1-2H3,(H,13,14). The van der Waals surface area contributed by atoms with Crippen LogP contribution in [-0.2, 0) is 4.79 Å². The van der Waals surface area contributed by atoms with Gasteiger partial charge in [0.1, 0.15) is 5.75 Å². The first-order valence-electron chi connectivity index (χ1n) is 4.93. The Hall–Kier alpha value is -1.71. The van der Waals surface area contributed by atoms with Crippen molar-refractivity contribution in [3.63, 3.8) is 0 Å². The zero-order valence-corrected chi connectivity index (χ0v) is 8.83. The normalized spacial score (nSPS) is 19.6. The van der Waals surface area contributed by atoms with Crippen molar-refractivity contribution < 1.29 is 9.53 Å². The van der Waals surface area contributed by atoms with E-state index < -0.39 is 0 Å². The lowest BCUT2D eigenvalue weighted by atomic mass is 10.2. The van der Waals surface area contributed by atoms with Crippen molar-refractivity contribution >= 4 is 17.3 Å². The van der Waals surface area contributed by atoms with Gasteiger partial charge in [-0.25, -0.2) is 0 Å². The summed E-state index contributed by atoms with van der Waals surface area (Å²) < 4.78 is 5.10. The summed E-state index contributed by atoms with van der Waals surface area (Å²) in [6, 6.07) is 5.60. The van der Waals surface area contributed by atoms with Crippen LogP contribution in [0, 0.1) is 5.92 Å². The van der Waals surface area contributed by atoms with Gasteiger partial charge in [0.2, 0.25) is 5.91 Å². The number of ether oxygens (including phenoxy) is 1. The zero-order chi connectivity index (χ0) is 10.8. The summed E-state index contributed by atoms with van der Waals surface area (Å²) in [5, 5.41) is 6.08. The van der Waals surface area contributed by atoms with Gasteiger partial charge in [-0.15, -0.1) is 0 Å². The average molecular weight is 206 g/mol. The second-order valence-electron chi connectivity index (χ2n) is 3.68. The fraction of sp³-hybridized carbons (Fsp3) is 0.364. The van der Waals surface area contributed by atoms with Crippen molar-refractivity contribution in [3.05, 3.63) is 18.2 Å². The molecule has 0 fully saturated rings. The summed E-state index contributed by atoms with van der Waals surface area (Å²) >= 11 is 0. The van der Waals surface area contributed by atoms with E-state index in [1.54, 1.807) is 7.11 Å². The number of rotatable bonds is 1. The van der Waals surface area contributed by atoms with Crippen molar-refractivity contribution in [2.45, 2.75) is 6.92 Å². The van der Waals surface area contributed by atoms with E-state index in [0.29, 0.717) is 6.54 Å². The highest BCUT2D eigenvalue weighted by Crippen LogP contribution is 2.29. The highest BCUT2D eigenvalue weighted by molar-refractivity contribution is 5.97. The van der Waals surface area contributed by atoms with Crippen LogP contribution >= 0.6 is 0 Å². The SMILES string of the molecule is COc1ccc2c(c1)NC(=O)C(C)CN2. The quantitative estimate of drug-likeness (QED) is 0.735. The van der Waals surface area contributed by atoms with Gasteiger partial charge in [-0.1, -0.05) is 6.92 Å². The minimum atomic E-state index is -0.0246. The summed E-state index contributed by atoms with van der Waals surface area (Å²) in [7, 11) is 1.61. The Labute approximate surface area is 88.6 Å². The molecule has 1 aliphatic heterocycles. The molecule has 0 radical (unpaired) electrons. The van der Waals surface area contributed by atoms with E-state index in [1.807, 2.05) is 25.1 Å². The summed E-state index contributed by atoms with van der Waals surface area (Å²) in [4.78, 5) is 11.6. The van der Waals surface area contributed by atoms with Crippen molar-refractivity contribution in [1.82, 2.24) is 0 Å². The van der Waals surface area contributed by atoms with E-state index in [4.69, 9.17) is 4.74 Å². The average Bonchev–Trinajstić information content (AvgIpc) is 2.39. The number of methoxy groups -OCH3 is 1. The maximum Gasteiger partial charge on any atom is 0.229 e. The van der Waals surface area contributed by atoms with Crippen LogP contribution < -0.4 is 15.4 Å². The van der Waals surface area contributed by atoms with Gasteiger partial charge < -0.3 is 15.4 Å². The topological polar surface area (TPSA) is 50.4 Å². The first-order chi connectivity index (χ1) is 7.20. The number of carbonyl (C=O) groups is 1.